The van der Waals surface area contributed by atoms with Crippen LogP contribution in [0.25, 0.3) is 10.9 Å². The second-order valence-electron chi connectivity index (χ2n) is 4.57. The molecule has 2 N–H and O–H groups in total. The summed E-state index contributed by atoms with van der Waals surface area (Å²) in [6.07, 6.45) is 1.74. The molecular weight excluding hydrogens is 316 g/mol. The highest BCUT2D eigenvalue weighted by molar-refractivity contribution is 9.10. The molecule has 100 valence electrons. The Hall–Kier alpha value is -2.07. The Kier molecular flexibility index (Phi) is 3.32. The highest BCUT2D eigenvalue weighted by Gasteiger charge is 2.10. The molecule has 3 aromatic rings. The van der Waals surface area contributed by atoms with Crippen molar-refractivity contribution in [2.24, 2.45) is 0 Å². The Balaban J connectivity index is 2.10. The van der Waals surface area contributed by atoms with Gasteiger partial charge in [-0.05, 0) is 42.8 Å². The third-order valence-electron chi connectivity index (χ3n) is 3.09. The molecule has 3 nitrogen and oxygen atoms in total. The Bertz CT molecular complexity index is 758. The van der Waals surface area contributed by atoms with Crippen LogP contribution >= 0.6 is 15.9 Å². The standard InChI is InChI=1S/C16H13BrN2O/c1-10-8-11(17)9-13(18)16(10)20-15-6-7-19-14-5-3-2-4-12(14)15/h2-9H,18H2,1H3. The predicted molar refractivity (Wildman–Crippen MR) is 85.1 cm³/mol. The first-order chi connectivity index (χ1) is 9.65. The molecule has 1 aromatic heterocycles. The number of aryl methyl sites for hydroxylation is 1. The molecule has 0 aliphatic carbocycles. The fraction of sp³-hybridized carbons (Fsp3) is 0.0625. The highest BCUT2D eigenvalue weighted by Crippen LogP contribution is 2.36. The average Bonchev–Trinajstić information content (AvgIpc) is 2.43. The van der Waals surface area contributed by atoms with E-state index in [1.54, 1.807) is 6.20 Å². The van der Waals surface area contributed by atoms with Gasteiger partial charge >= 0.3 is 0 Å². The molecule has 0 aliphatic rings. The minimum atomic E-state index is 0.609. The van der Waals surface area contributed by atoms with Crippen molar-refractivity contribution in [1.29, 1.82) is 0 Å². The molecule has 0 fully saturated rings. The van der Waals surface area contributed by atoms with Gasteiger partial charge in [-0.1, -0.05) is 28.1 Å². The van der Waals surface area contributed by atoms with Gasteiger partial charge in [-0.25, -0.2) is 0 Å². The molecule has 1 heterocycles. The summed E-state index contributed by atoms with van der Waals surface area (Å²) in [5, 5.41) is 0.969. The van der Waals surface area contributed by atoms with Gasteiger partial charge in [0.2, 0.25) is 0 Å². The minimum absolute atomic E-state index is 0.609. The molecule has 20 heavy (non-hydrogen) atoms. The van der Waals surface area contributed by atoms with Gasteiger partial charge in [-0.15, -0.1) is 0 Å². The van der Waals surface area contributed by atoms with Gasteiger partial charge in [0, 0.05) is 16.1 Å². The van der Waals surface area contributed by atoms with Crippen LogP contribution in [-0.4, -0.2) is 4.98 Å². The first-order valence-electron chi connectivity index (χ1n) is 6.22. The number of nitrogens with zero attached hydrogens (tertiary/aromatic N) is 1. The minimum Gasteiger partial charge on any atom is -0.454 e. The summed E-state index contributed by atoms with van der Waals surface area (Å²) in [6.45, 7) is 1.97. The number of ether oxygens (including phenoxy) is 1. The summed E-state index contributed by atoms with van der Waals surface area (Å²) in [5.41, 5.74) is 8.54. The monoisotopic (exact) mass is 328 g/mol. The van der Waals surface area contributed by atoms with Crippen molar-refractivity contribution in [3.8, 4) is 11.5 Å². The van der Waals surface area contributed by atoms with E-state index in [1.165, 1.54) is 0 Å². The van der Waals surface area contributed by atoms with Gasteiger partial charge in [0.25, 0.3) is 0 Å². The Morgan fingerprint density at radius 1 is 1.15 bits per heavy atom. The molecule has 0 spiro atoms. The summed E-state index contributed by atoms with van der Waals surface area (Å²) < 4.78 is 6.97. The van der Waals surface area contributed by atoms with Crippen molar-refractivity contribution >= 4 is 32.5 Å². The normalized spacial score (nSPS) is 10.7. The van der Waals surface area contributed by atoms with Gasteiger partial charge in [0.1, 0.15) is 5.75 Å². The van der Waals surface area contributed by atoms with Crippen LogP contribution in [0.2, 0.25) is 0 Å². The van der Waals surface area contributed by atoms with Gasteiger partial charge < -0.3 is 10.5 Å². The zero-order valence-electron chi connectivity index (χ0n) is 10.9. The van der Waals surface area contributed by atoms with Gasteiger partial charge in [0.15, 0.2) is 5.75 Å². The molecule has 0 radical (unpaired) electrons. The topological polar surface area (TPSA) is 48.1 Å². The van der Waals surface area contributed by atoms with Gasteiger partial charge in [-0.3, -0.25) is 4.98 Å². The maximum atomic E-state index is 6.04. The van der Waals surface area contributed by atoms with Crippen molar-refractivity contribution in [1.82, 2.24) is 4.98 Å². The summed E-state index contributed by atoms with van der Waals surface area (Å²) in [7, 11) is 0. The second kappa shape index (κ2) is 5.13. The largest absolute Gasteiger partial charge is 0.454 e. The highest BCUT2D eigenvalue weighted by atomic mass is 79.9. The number of hydrogen-bond acceptors (Lipinski definition) is 3. The summed E-state index contributed by atoms with van der Waals surface area (Å²) in [5.74, 6) is 1.44. The van der Waals surface area contributed by atoms with E-state index < -0.39 is 0 Å². The maximum absolute atomic E-state index is 6.04. The predicted octanol–water partition coefficient (Wildman–Crippen LogP) is 4.68. The molecule has 0 saturated carbocycles. The molecule has 4 heteroatoms. The van der Waals surface area contributed by atoms with E-state index in [1.807, 2.05) is 49.4 Å². The molecule has 0 unspecified atom stereocenters. The van der Waals surface area contributed by atoms with Crippen molar-refractivity contribution < 1.29 is 4.74 Å². The molecule has 0 aliphatic heterocycles. The molecule has 0 bridgehead atoms. The molecule has 2 aromatic carbocycles. The SMILES string of the molecule is Cc1cc(Br)cc(N)c1Oc1ccnc2ccccc12. The van der Waals surface area contributed by atoms with Crippen molar-refractivity contribution in [3.05, 3.63) is 58.7 Å². The lowest BCUT2D eigenvalue weighted by atomic mass is 10.2. The molecule has 3 rings (SSSR count). The van der Waals surface area contributed by atoms with Crippen LogP contribution in [0.5, 0.6) is 11.5 Å². The second-order valence-corrected chi connectivity index (χ2v) is 5.49. The van der Waals surface area contributed by atoms with Crippen LogP contribution in [0.4, 0.5) is 5.69 Å². The van der Waals surface area contributed by atoms with E-state index in [-0.39, 0.29) is 0 Å². The van der Waals surface area contributed by atoms with E-state index >= 15 is 0 Å². The van der Waals surface area contributed by atoms with Crippen LogP contribution in [0.1, 0.15) is 5.56 Å². The first kappa shape index (κ1) is 12.9. The molecule has 0 atom stereocenters. The van der Waals surface area contributed by atoms with E-state index in [4.69, 9.17) is 10.5 Å². The van der Waals surface area contributed by atoms with Crippen molar-refractivity contribution in [2.75, 3.05) is 5.73 Å². The lowest BCUT2D eigenvalue weighted by Gasteiger charge is -2.13. The number of benzene rings is 2. The zero-order chi connectivity index (χ0) is 14.1. The van der Waals surface area contributed by atoms with E-state index in [0.29, 0.717) is 11.4 Å². The number of para-hydroxylation sites is 1. The van der Waals surface area contributed by atoms with Crippen molar-refractivity contribution in [3.63, 3.8) is 0 Å². The first-order valence-corrected chi connectivity index (χ1v) is 7.01. The quantitative estimate of drug-likeness (QED) is 0.695. The number of nitrogen functional groups attached to an aromatic ring is 1. The number of nitrogens with two attached hydrogens (primary N) is 1. The van der Waals surface area contributed by atoms with Crippen LogP contribution in [-0.2, 0) is 0 Å². The smallest absolute Gasteiger partial charge is 0.153 e. The zero-order valence-corrected chi connectivity index (χ0v) is 12.5. The van der Waals surface area contributed by atoms with E-state index in [0.717, 1.165) is 26.7 Å². The summed E-state index contributed by atoms with van der Waals surface area (Å²) >= 11 is 3.43. The number of hydrogen-bond donors (Lipinski definition) is 1. The van der Waals surface area contributed by atoms with Crippen LogP contribution < -0.4 is 10.5 Å². The maximum Gasteiger partial charge on any atom is 0.153 e. The van der Waals surface area contributed by atoms with E-state index in [9.17, 15) is 0 Å². The third kappa shape index (κ3) is 2.34. The number of anilines is 1. The van der Waals surface area contributed by atoms with E-state index in [2.05, 4.69) is 20.9 Å². The third-order valence-corrected chi connectivity index (χ3v) is 3.55. The average molecular weight is 329 g/mol. The number of fused-ring (bicyclic) bond motifs is 1. The summed E-state index contributed by atoms with van der Waals surface area (Å²) in [4.78, 5) is 4.32. The number of rotatable bonds is 2. The molecular formula is C16H13BrN2O. The van der Waals surface area contributed by atoms with Crippen LogP contribution in [0.15, 0.2) is 53.1 Å². The molecule has 0 amide bonds. The number of halogens is 1. The van der Waals surface area contributed by atoms with Gasteiger partial charge in [-0.2, -0.15) is 0 Å². The Labute approximate surface area is 125 Å². The Morgan fingerprint density at radius 2 is 1.95 bits per heavy atom. The fourth-order valence-electron chi connectivity index (χ4n) is 2.16. The fourth-order valence-corrected chi connectivity index (χ4v) is 2.75. The van der Waals surface area contributed by atoms with Crippen LogP contribution in [0.3, 0.4) is 0 Å². The summed E-state index contributed by atoms with van der Waals surface area (Å²) in [6, 6.07) is 13.5. The number of aromatic nitrogens is 1. The molecule has 0 saturated heterocycles. The number of pyridine rings is 1. The lowest BCUT2D eigenvalue weighted by molar-refractivity contribution is 0.486. The van der Waals surface area contributed by atoms with Crippen molar-refractivity contribution in [2.45, 2.75) is 6.92 Å². The van der Waals surface area contributed by atoms with Crippen LogP contribution in [0, 0.1) is 6.92 Å². The lowest BCUT2D eigenvalue weighted by Crippen LogP contribution is -1.96. The Morgan fingerprint density at radius 3 is 2.75 bits per heavy atom. The van der Waals surface area contributed by atoms with Gasteiger partial charge in [0.05, 0.1) is 11.2 Å².